The summed E-state index contributed by atoms with van der Waals surface area (Å²) in [5, 5.41) is 2.57. The second-order valence-electron chi connectivity index (χ2n) is 9.40. The first-order valence-electron chi connectivity index (χ1n) is 13.0. The molecule has 1 aromatic rings. The minimum Gasteiger partial charge on any atom is -0.378 e. The molecule has 0 spiro atoms. The number of carbonyl (C=O) groups is 1. The van der Waals surface area contributed by atoms with Gasteiger partial charge in [-0.25, -0.2) is 0 Å². The van der Waals surface area contributed by atoms with Crippen LogP contribution in [0.1, 0.15) is 43.4 Å². The van der Waals surface area contributed by atoms with Crippen LogP contribution >= 0.6 is 34.4 Å². The number of likely N-dealkylation sites (N-methyl/N-ethyl adjacent to an activating group) is 1. The van der Waals surface area contributed by atoms with E-state index in [0.29, 0.717) is 57.6 Å². The summed E-state index contributed by atoms with van der Waals surface area (Å²) in [6.07, 6.45) is -1.31. The number of halogens is 6. The quantitative estimate of drug-likeness (QED) is 0.118. The Hall–Kier alpha value is -1.29. The fourth-order valence-electron chi connectivity index (χ4n) is 4.51. The molecule has 0 aliphatic carbocycles. The Labute approximate surface area is 243 Å². The number of nitrogens with one attached hydrogen (secondary N) is 1. The Morgan fingerprint density at radius 3 is 2.49 bits per heavy atom. The molecule has 0 atom stereocenters. The van der Waals surface area contributed by atoms with Gasteiger partial charge in [0, 0.05) is 41.2 Å². The summed E-state index contributed by atoms with van der Waals surface area (Å²) >= 11 is 1.93. The summed E-state index contributed by atoms with van der Waals surface area (Å²) in [7, 11) is 0. The second kappa shape index (κ2) is 14.6. The van der Waals surface area contributed by atoms with Crippen molar-refractivity contribution in [2.75, 3.05) is 52.5 Å². The summed E-state index contributed by atoms with van der Waals surface area (Å²) in [6, 6.07) is 2.77. The predicted octanol–water partition coefficient (Wildman–Crippen LogP) is 6.50. The van der Waals surface area contributed by atoms with Gasteiger partial charge in [-0.3, -0.25) is 14.7 Å². The van der Waals surface area contributed by atoms with Crippen LogP contribution in [0.5, 0.6) is 0 Å². The molecule has 0 aromatic heterocycles. The van der Waals surface area contributed by atoms with Gasteiger partial charge >= 0.3 is 10.1 Å². The number of alkyl halides is 6. The van der Waals surface area contributed by atoms with Gasteiger partial charge in [-0.2, -0.15) is 22.0 Å². The van der Waals surface area contributed by atoms with E-state index in [4.69, 9.17) is 4.74 Å². The summed E-state index contributed by atoms with van der Waals surface area (Å²) in [5.74, 6) is 0.677. The summed E-state index contributed by atoms with van der Waals surface area (Å²) in [4.78, 5) is 21.4. The molecule has 2 aliphatic rings. The molecule has 3 rings (SSSR count). The van der Waals surface area contributed by atoms with Gasteiger partial charge in [0.15, 0.2) is 0 Å². The van der Waals surface area contributed by atoms with E-state index in [1.807, 2.05) is 11.0 Å². The number of benzene rings is 1. The van der Waals surface area contributed by atoms with Gasteiger partial charge in [0.25, 0.3) is 5.24 Å². The van der Waals surface area contributed by atoms with Gasteiger partial charge in [0.1, 0.15) is 5.84 Å². The van der Waals surface area contributed by atoms with Gasteiger partial charge in [-0.05, 0) is 68.3 Å². The van der Waals surface area contributed by atoms with Gasteiger partial charge in [-0.1, -0.05) is 32.1 Å². The van der Waals surface area contributed by atoms with E-state index >= 15 is 0 Å². The molecule has 39 heavy (non-hydrogen) atoms. The number of thioether (sulfide) groups is 1. The van der Waals surface area contributed by atoms with Crippen LogP contribution in [0, 0.1) is 5.92 Å². The monoisotopic (exact) mass is 688 g/mol. The molecule has 1 amide bonds. The van der Waals surface area contributed by atoms with Crippen LogP contribution in [0.25, 0.3) is 0 Å². The summed E-state index contributed by atoms with van der Waals surface area (Å²) < 4.78 is 70.3. The van der Waals surface area contributed by atoms with Gasteiger partial charge in [0.05, 0.1) is 30.2 Å². The third-order valence-corrected chi connectivity index (χ3v) is 8.22. The lowest BCUT2D eigenvalue weighted by atomic mass is 9.95. The first kappa shape index (κ1) is 32.2. The Morgan fingerprint density at radius 1 is 1.18 bits per heavy atom. The number of rotatable bonds is 12. The Bertz CT molecular complexity index is 1040. The van der Waals surface area contributed by atoms with Crippen molar-refractivity contribution in [1.29, 1.82) is 0 Å². The molecule has 0 saturated carbocycles. The summed E-state index contributed by atoms with van der Waals surface area (Å²) in [5.41, 5.74) is -1.70. The zero-order chi connectivity index (χ0) is 28.6. The molecule has 2 heterocycles. The van der Waals surface area contributed by atoms with Crippen molar-refractivity contribution in [2.45, 2.75) is 43.3 Å². The molecule has 218 valence electrons. The number of aliphatic imine (C=N–C) groups is 1. The van der Waals surface area contributed by atoms with E-state index in [2.05, 4.69) is 29.1 Å². The van der Waals surface area contributed by atoms with Crippen LogP contribution in [-0.4, -0.2) is 73.4 Å². The molecule has 0 unspecified atom stereocenters. The van der Waals surface area contributed by atoms with E-state index in [1.54, 1.807) is 0 Å². The average molecular weight is 689 g/mol. The minimum atomic E-state index is -4.72. The van der Waals surface area contributed by atoms with Crippen LogP contribution in [0.4, 0.5) is 26.7 Å². The highest BCUT2D eigenvalue weighted by Gasteiger charge is 2.37. The lowest BCUT2D eigenvalue weighted by Gasteiger charge is -2.31. The number of amidine groups is 1. The highest BCUT2D eigenvalue weighted by atomic mass is 127. The normalized spacial score (nSPS) is 20.0. The Balaban J connectivity index is 1.54. The fourth-order valence-corrected chi connectivity index (χ4v) is 5.66. The van der Waals surface area contributed by atoms with Gasteiger partial charge < -0.3 is 15.0 Å². The lowest BCUT2D eigenvalue weighted by Crippen LogP contribution is -2.33. The van der Waals surface area contributed by atoms with Crippen molar-refractivity contribution in [3.63, 3.8) is 0 Å². The Morgan fingerprint density at radius 2 is 1.87 bits per heavy atom. The molecule has 1 aromatic carbocycles. The van der Waals surface area contributed by atoms with Gasteiger partial charge in [-0.15, -0.1) is 0 Å². The third-order valence-electron chi connectivity index (χ3n) is 6.76. The number of piperidine rings is 1. The van der Waals surface area contributed by atoms with E-state index in [-0.39, 0.29) is 23.3 Å². The predicted molar refractivity (Wildman–Crippen MR) is 152 cm³/mol. The second-order valence-corrected chi connectivity index (χ2v) is 11.8. The number of carbonyl (C=O) groups excluding carboxylic acids is 1. The van der Waals surface area contributed by atoms with Crippen molar-refractivity contribution in [1.82, 2.24) is 15.1 Å². The largest absolute Gasteiger partial charge is 0.416 e. The molecular weight excluding hydrogens is 654 g/mol. The van der Waals surface area contributed by atoms with Crippen LogP contribution < -0.4 is 5.32 Å². The molecule has 6 nitrogen and oxygen atoms in total. The minimum absolute atomic E-state index is 0.0152. The SMILES string of the molecule is CCN(CC)CCOCCN=C1NC(=O)S/C1=C\C1CCN(Cc2ccc(C(F)(F)I)cc2C(F)(F)F)CC1. The lowest BCUT2D eigenvalue weighted by molar-refractivity contribution is -0.138. The van der Waals surface area contributed by atoms with Crippen LogP contribution in [0.15, 0.2) is 34.2 Å². The number of hydrogen-bond acceptors (Lipinski definition) is 6. The zero-order valence-corrected chi connectivity index (χ0v) is 25.0. The average Bonchev–Trinajstić information content (AvgIpc) is 3.22. The molecule has 0 bridgehead atoms. The molecule has 2 aliphatic heterocycles. The maximum atomic E-state index is 13.6. The van der Waals surface area contributed by atoms with Crippen molar-refractivity contribution in [3.8, 4) is 0 Å². The van der Waals surface area contributed by atoms with Crippen LogP contribution in [0.2, 0.25) is 0 Å². The van der Waals surface area contributed by atoms with Gasteiger partial charge in [0.2, 0.25) is 0 Å². The maximum Gasteiger partial charge on any atom is 0.416 e. The third kappa shape index (κ3) is 9.94. The highest BCUT2D eigenvalue weighted by molar-refractivity contribution is 14.1. The van der Waals surface area contributed by atoms with Crippen molar-refractivity contribution >= 4 is 45.4 Å². The van der Waals surface area contributed by atoms with Crippen molar-refractivity contribution in [2.24, 2.45) is 10.9 Å². The molecule has 2 fully saturated rings. The number of hydrogen-bond donors (Lipinski definition) is 1. The van der Waals surface area contributed by atoms with E-state index in [1.165, 1.54) is 0 Å². The summed E-state index contributed by atoms with van der Waals surface area (Å²) in [6.45, 7) is 9.64. The maximum absolute atomic E-state index is 13.6. The molecule has 0 radical (unpaired) electrons. The zero-order valence-electron chi connectivity index (χ0n) is 22.0. The topological polar surface area (TPSA) is 57.2 Å². The number of likely N-dealkylation sites (tertiary alicyclic amines) is 1. The molecular formula is C26H34F5IN4O2S. The molecule has 13 heteroatoms. The number of nitrogens with zero attached hydrogens (tertiary/aromatic N) is 3. The van der Waals surface area contributed by atoms with Crippen LogP contribution in [-0.2, 0) is 21.4 Å². The first-order valence-corrected chi connectivity index (χ1v) is 14.9. The smallest absolute Gasteiger partial charge is 0.378 e. The van der Waals surface area contributed by atoms with Crippen molar-refractivity contribution < 1.29 is 31.5 Å². The molecule has 1 N–H and O–H groups in total. The van der Waals surface area contributed by atoms with E-state index in [0.717, 1.165) is 71.0 Å². The first-order chi connectivity index (χ1) is 18.4. The standard InChI is InChI=1S/C26H34F5IN4O2S/c1-3-35(4-2)12-14-38-13-9-33-23-22(39-24(37)34-23)15-18-7-10-36(11-8-18)17-19-5-6-20(26(30,31)32)16-21(19)25(27,28)29/h5-6,15-16,18H,3-4,7-14,17H2,1-2H3,(H,33,34,37)/b22-15-. The number of amides is 1. The molecule has 2 saturated heterocycles. The number of allylic oxidation sites excluding steroid dienone is 1. The fraction of sp³-hybridized carbons (Fsp3) is 0.615. The highest BCUT2D eigenvalue weighted by Crippen LogP contribution is 2.40. The van der Waals surface area contributed by atoms with Crippen LogP contribution in [0.3, 0.4) is 0 Å². The van der Waals surface area contributed by atoms with E-state index < -0.39 is 21.2 Å². The van der Waals surface area contributed by atoms with Crippen molar-refractivity contribution in [3.05, 3.63) is 45.9 Å². The number of ether oxygens (including phenoxy) is 1. The van der Waals surface area contributed by atoms with E-state index in [9.17, 15) is 26.7 Å². The Kier molecular flexibility index (Phi) is 12.0.